The van der Waals surface area contributed by atoms with E-state index in [0.29, 0.717) is 17.0 Å². The number of rotatable bonds is 7. The molecule has 0 aliphatic carbocycles. The number of carbonyl (C=O) groups is 2. The third-order valence-corrected chi connectivity index (χ3v) is 4.61. The van der Waals surface area contributed by atoms with E-state index in [0.717, 1.165) is 16.7 Å². The van der Waals surface area contributed by atoms with Gasteiger partial charge in [-0.1, -0.05) is 78.3 Å². The van der Waals surface area contributed by atoms with Crippen molar-refractivity contribution in [3.05, 3.63) is 106 Å². The second-order valence-electron chi connectivity index (χ2n) is 6.26. The van der Waals surface area contributed by atoms with Crippen molar-refractivity contribution in [1.29, 1.82) is 0 Å². The second-order valence-corrected chi connectivity index (χ2v) is 6.67. The topological polar surface area (TPSA) is 55.4 Å². The molecule has 142 valence electrons. The number of benzene rings is 3. The van der Waals surface area contributed by atoms with Gasteiger partial charge in [0, 0.05) is 11.6 Å². The molecule has 3 aromatic carbocycles. The lowest BCUT2D eigenvalue weighted by molar-refractivity contribution is -0.124. The van der Waals surface area contributed by atoms with Crippen LogP contribution in [0.25, 0.3) is 0 Å². The quantitative estimate of drug-likeness (QED) is 0.605. The van der Waals surface area contributed by atoms with Gasteiger partial charge in [0.15, 0.2) is 6.61 Å². The highest BCUT2D eigenvalue weighted by molar-refractivity contribution is 6.31. The number of hydrogen-bond acceptors (Lipinski definition) is 3. The Balaban J connectivity index is 1.56. The molecule has 0 radical (unpaired) electrons. The molecule has 0 aliphatic heterocycles. The molecule has 0 atom stereocenters. The van der Waals surface area contributed by atoms with Gasteiger partial charge in [0.05, 0.1) is 5.56 Å². The van der Waals surface area contributed by atoms with Gasteiger partial charge in [0.1, 0.15) is 0 Å². The Morgan fingerprint density at radius 1 is 0.821 bits per heavy atom. The first kappa shape index (κ1) is 19.6. The van der Waals surface area contributed by atoms with Crippen LogP contribution in [-0.4, -0.2) is 18.5 Å². The normalized spacial score (nSPS) is 10.3. The predicted molar refractivity (Wildman–Crippen MR) is 109 cm³/mol. The molecule has 1 amide bonds. The summed E-state index contributed by atoms with van der Waals surface area (Å²) in [6, 6.07) is 24.4. The number of nitrogens with one attached hydrogen (secondary N) is 1. The van der Waals surface area contributed by atoms with Crippen LogP contribution in [0.5, 0.6) is 0 Å². The fraction of sp³-hybridized carbons (Fsp3) is 0.130. The lowest BCUT2D eigenvalue weighted by atomic mass is 10.00. The monoisotopic (exact) mass is 393 g/mol. The molecule has 0 saturated heterocycles. The maximum atomic E-state index is 12.5. The fourth-order valence-electron chi connectivity index (χ4n) is 2.78. The average molecular weight is 394 g/mol. The lowest BCUT2D eigenvalue weighted by Gasteiger charge is -2.10. The third-order valence-electron chi connectivity index (χ3n) is 4.24. The molecule has 0 spiro atoms. The molecule has 3 rings (SSSR count). The molecule has 0 unspecified atom stereocenters. The maximum Gasteiger partial charge on any atom is 0.338 e. The first-order chi connectivity index (χ1) is 13.6. The summed E-state index contributed by atoms with van der Waals surface area (Å²) < 4.78 is 5.20. The molecule has 0 heterocycles. The second kappa shape index (κ2) is 9.72. The van der Waals surface area contributed by atoms with Crippen LogP contribution in [0.3, 0.4) is 0 Å². The molecule has 0 aliphatic rings. The molecule has 0 saturated carbocycles. The van der Waals surface area contributed by atoms with Gasteiger partial charge in [-0.2, -0.15) is 0 Å². The van der Waals surface area contributed by atoms with Gasteiger partial charge < -0.3 is 10.1 Å². The van der Waals surface area contributed by atoms with E-state index in [1.807, 2.05) is 60.7 Å². The summed E-state index contributed by atoms with van der Waals surface area (Å²) in [6.07, 6.45) is 0.616. The lowest BCUT2D eigenvalue weighted by Crippen LogP contribution is -2.28. The molecule has 0 bridgehead atoms. The van der Waals surface area contributed by atoms with E-state index >= 15 is 0 Å². The summed E-state index contributed by atoms with van der Waals surface area (Å²) in [6.45, 7) is -0.0659. The minimum atomic E-state index is -0.514. The smallest absolute Gasteiger partial charge is 0.338 e. The van der Waals surface area contributed by atoms with Gasteiger partial charge in [-0.3, -0.25) is 4.79 Å². The van der Waals surface area contributed by atoms with E-state index in [1.54, 1.807) is 18.2 Å². The van der Waals surface area contributed by atoms with Gasteiger partial charge in [-0.25, -0.2) is 4.79 Å². The van der Waals surface area contributed by atoms with E-state index in [4.69, 9.17) is 16.3 Å². The summed E-state index contributed by atoms with van der Waals surface area (Å²) in [5.74, 6) is -0.895. The van der Waals surface area contributed by atoms with Crippen LogP contribution in [0.2, 0.25) is 5.02 Å². The molecule has 28 heavy (non-hydrogen) atoms. The summed E-state index contributed by atoms with van der Waals surface area (Å²) in [7, 11) is 0. The van der Waals surface area contributed by atoms with Crippen molar-refractivity contribution in [2.24, 2.45) is 0 Å². The molecule has 0 aromatic heterocycles. The van der Waals surface area contributed by atoms with Gasteiger partial charge in [0.25, 0.3) is 5.91 Å². The third kappa shape index (κ3) is 5.44. The van der Waals surface area contributed by atoms with Crippen LogP contribution in [0.1, 0.15) is 27.0 Å². The van der Waals surface area contributed by atoms with Crippen LogP contribution < -0.4 is 5.32 Å². The van der Waals surface area contributed by atoms with Crippen LogP contribution >= 0.6 is 11.6 Å². The zero-order valence-electron chi connectivity index (χ0n) is 15.2. The summed E-state index contributed by atoms with van der Waals surface area (Å²) in [4.78, 5) is 24.5. The van der Waals surface area contributed by atoms with Gasteiger partial charge in [-0.05, 0) is 35.2 Å². The van der Waals surface area contributed by atoms with Crippen molar-refractivity contribution in [3.8, 4) is 0 Å². The summed E-state index contributed by atoms with van der Waals surface area (Å²) in [5, 5.41) is 3.28. The zero-order chi connectivity index (χ0) is 19.8. The largest absolute Gasteiger partial charge is 0.452 e. The van der Waals surface area contributed by atoms with Crippen molar-refractivity contribution >= 4 is 23.5 Å². The van der Waals surface area contributed by atoms with E-state index in [1.165, 1.54) is 0 Å². The van der Waals surface area contributed by atoms with Crippen molar-refractivity contribution in [2.75, 3.05) is 6.61 Å². The predicted octanol–water partition coefficient (Wildman–Crippen LogP) is 4.40. The van der Waals surface area contributed by atoms with Crippen LogP contribution in [0, 0.1) is 0 Å². The molecule has 0 fully saturated rings. The Hall–Kier alpha value is -3.11. The van der Waals surface area contributed by atoms with Gasteiger partial charge in [0.2, 0.25) is 0 Å². The number of esters is 1. The summed E-state index contributed by atoms with van der Waals surface area (Å²) >= 11 is 6.06. The number of halogens is 1. The first-order valence-corrected chi connectivity index (χ1v) is 9.30. The average Bonchev–Trinajstić information content (AvgIpc) is 2.72. The summed E-state index contributed by atoms with van der Waals surface area (Å²) in [5.41, 5.74) is 3.22. The highest BCUT2D eigenvalue weighted by Gasteiger charge is 2.14. The van der Waals surface area contributed by atoms with Gasteiger partial charge >= 0.3 is 5.97 Å². The Bertz CT molecular complexity index is 957. The number of carbonyl (C=O) groups excluding carboxylic acids is 2. The van der Waals surface area contributed by atoms with Crippen LogP contribution in [0.15, 0.2) is 78.9 Å². The first-order valence-electron chi connectivity index (χ1n) is 8.92. The van der Waals surface area contributed by atoms with Crippen molar-refractivity contribution in [2.45, 2.75) is 13.0 Å². The molecular formula is C23H20ClNO3. The Morgan fingerprint density at radius 2 is 1.46 bits per heavy atom. The Kier molecular flexibility index (Phi) is 6.82. The maximum absolute atomic E-state index is 12.5. The van der Waals surface area contributed by atoms with Crippen molar-refractivity contribution in [3.63, 3.8) is 0 Å². The highest BCUT2D eigenvalue weighted by Crippen LogP contribution is 2.16. The number of amides is 1. The van der Waals surface area contributed by atoms with E-state index in [-0.39, 0.29) is 19.1 Å². The Morgan fingerprint density at radius 3 is 2.21 bits per heavy atom. The molecule has 4 nitrogen and oxygen atoms in total. The fourth-order valence-corrected chi connectivity index (χ4v) is 2.99. The molecule has 5 heteroatoms. The van der Waals surface area contributed by atoms with E-state index in [2.05, 4.69) is 5.32 Å². The van der Waals surface area contributed by atoms with Crippen LogP contribution in [-0.2, 0) is 22.5 Å². The van der Waals surface area contributed by atoms with Gasteiger partial charge in [-0.15, -0.1) is 0 Å². The van der Waals surface area contributed by atoms with Crippen LogP contribution in [0.4, 0.5) is 0 Å². The minimum Gasteiger partial charge on any atom is -0.452 e. The standard InChI is InChI=1S/C23H20ClNO3/c24-21-13-7-5-11-19(21)15-25-22(26)16-28-23(27)20-12-6-4-10-18(20)14-17-8-2-1-3-9-17/h1-13H,14-16H2,(H,25,26). The molecule has 1 N–H and O–H groups in total. The highest BCUT2D eigenvalue weighted by atomic mass is 35.5. The number of hydrogen-bond donors (Lipinski definition) is 1. The van der Waals surface area contributed by atoms with Crippen molar-refractivity contribution in [1.82, 2.24) is 5.32 Å². The SMILES string of the molecule is O=C(COC(=O)c1ccccc1Cc1ccccc1)NCc1ccccc1Cl. The van der Waals surface area contributed by atoms with E-state index < -0.39 is 5.97 Å². The number of ether oxygens (including phenoxy) is 1. The van der Waals surface area contributed by atoms with E-state index in [9.17, 15) is 9.59 Å². The zero-order valence-corrected chi connectivity index (χ0v) is 16.0. The van der Waals surface area contributed by atoms with Crippen molar-refractivity contribution < 1.29 is 14.3 Å². The molecular weight excluding hydrogens is 374 g/mol. The minimum absolute atomic E-state index is 0.278. The Labute approximate surface area is 169 Å². The molecule has 3 aromatic rings.